The summed E-state index contributed by atoms with van der Waals surface area (Å²) in [7, 11) is 1.44. The van der Waals surface area contributed by atoms with Crippen LogP contribution in [0.3, 0.4) is 0 Å². The van der Waals surface area contributed by atoms with Crippen LogP contribution in [0.1, 0.15) is 11.5 Å². The molecule has 0 bridgehead atoms. The highest BCUT2D eigenvalue weighted by Gasteiger charge is 2.34. The van der Waals surface area contributed by atoms with Crippen molar-refractivity contribution in [2.45, 2.75) is 12.5 Å². The highest BCUT2D eigenvalue weighted by atomic mass is 19.3. The van der Waals surface area contributed by atoms with Crippen molar-refractivity contribution in [3.8, 4) is 0 Å². The summed E-state index contributed by atoms with van der Waals surface area (Å²) in [5, 5.41) is 8.35. The van der Waals surface area contributed by atoms with Gasteiger partial charge in [-0.05, 0) is 12.1 Å². The lowest BCUT2D eigenvalue weighted by Crippen LogP contribution is -2.17. The van der Waals surface area contributed by atoms with E-state index in [1.807, 2.05) is 0 Å². The van der Waals surface area contributed by atoms with E-state index in [0.717, 1.165) is 6.07 Å². The smallest absolute Gasteiger partial charge is 0.327 e. The van der Waals surface area contributed by atoms with Gasteiger partial charge >= 0.3 is 5.92 Å². The minimum absolute atomic E-state index is 0.140. The van der Waals surface area contributed by atoms with E-state index >= 15 is 0 Å². The molecule has 0 aliphatic rings. The van der Waals surface area contributed by atoms with Crippen LogP contribution in [-0.2, 0) is 17.3 Å². The number of ether oxygens (including phenoxy) is 1. The van der Waals surface area contributed by atoms with Crippen LogP contribution in [0.4, 0.5) is 8.78 Å². The Morgan fingerprint density at radius 3 is 2.77 bits per heavy atom. The predicted octanol–water partition coefficient (Wildman–Crippen LogP) is 1.51. The normalized spacial score (nSPS) is 12.0. The van der Waals surface area contributed by atoms with Crippen molar-refractivity contribution in [3.63, 3.8) is 0 Å². The van der Waals surface area contributed by atoms with Crippen molar-refractivity contribution >= 4 is 0 Å². The number of aliphatic hydroxyl groups is 1. The number of rotatable bonds is 4. The van der Waals surface area contributed by atoms with Gasteiger partial charge in [0.05, 0.1) is 0 Å². The Balaban J connectivity index is 2.79. The van der Waals surface area contributed by atoms with E-state index in [-0.39, 0.29) is 6.61 Å². The number of furan rings is 1. The molecule has 1 aromatic rings. The van der Waals surface area contributed by atoms with Gasteiger partial charge in [-0.1, -0.05) is 0 Å². The Bertz CT molecular complexity index is 270. The standard InChI is InChI=1S/C8H10F2O3/c1-12-4-6-2-3-7(13-6)8(9,10)5-11/h2-3,11H,4-5H2,1H3. The SMILES string of the molecule is COCc1ccc(C(F)(F)CO)o1. The average molecular weight is 192 g/mol. The Hall–Kier alpha value is -0.940. The Morgan fingerprint density at radius 1 is 1.54 bits per heavy atom. The molecule has 1 aromatic heterocycles. The Morgan fingerprint density at radius 2 is 2.23 bits per heavy atom. The van der Waals surface area contributed by atoms with Crippen LogP contribution in [0, 0.1) is 0 Å². The van der Waals surface area contributed by atoms with Gasteiger partial charge in [-0.15, -0.1) is 0 Å². The van der Waals surface area contributed by atoms with E-state index in [4.69, 9.17) is 9.52 Å². The summed E-state index contributed by atoms with van der Waals surface area (Å²) >= 11 is 0. The molecule has 5 heteroatoms. The lowest BCUT2D eigenvalue weighted by molar-refractivity contribution is -0.0734. The highest BCUT2D eigenvalue weighted by molar-refractivity contribution is 5.11. The van der Waals surface area contributed by atoms with Gasteiger partial charge in [-0.2, -0.15) is 8.78 Å². The van der Waals surface area contributed by atoms with Gasteiger partial charge in [-0.3, -0.25) is 0 Å². The number of aliphatic hydroxyl groups excluding tert-OH is 1. The van der Waals surface area contributed by atoms with Crippen LogP contribution in [0.2, 0.25) is 0 Å². The molecular weight excluding hydrogens is 182 g/mol. The molecule has 3 nitrogen and oxygen atoms in total. The molecule has 0 fully saturated rings. The van der Waals surface area contributed by atoms with Crippen LogP contribution in [-0.4, -0.2) is 18.8 Å². The van der Waals surface area contributed by atoms with Crippen LogP contribution >= 0.6 is 0 Å². The molecule has 0 saturated carbocycles. The minimum Gasteiger partial charge on any atom is -0.457 e. The van der Waals surface area contributed by atoms with Crippen LogP contribution in [0.15, 0.2) is 16.5 Å². The van der Waals surface area contributed by atoms with Gasteiger partial charge in [0.2, 0.25) is 0 Å². The van der Waals surface area contributed by atoms with Crippen molar-refractivity contribution in [2.75, 3.05) is 13.7 Å². The van der Waals surface area contributed by atoms with Crippen molar-refractivity contribution in [2.24, 2.45) is 0 Å². The van der Waals surface area contributed by atoms with E-state index in [1.54, 1.807) is 0 Å². The molecule has 0 spiro atoms. The molecule has 1 heterocycles. The first-order valence-corrected chi connectivity index (χ1v) is 3.67. The van der Waals surface area contributed by atoms with Gasteiger partial charge in [0.15, 0.2) is 5.76 Å². The molecule has 0 saturated heterocycles. The number of alkyl halides is 2. The molecule has 0 atom stereocenters. The second-order valence-corrected chi connectivity index (χ2v) is 2.56. The highest BCUT2D eigenvalue weighted by Crippen LogP contribution is 2.28. The summed E-state index contributed by atoms with van der Waals surface area (Å²) in [6, 6.07) is 2.52. The Labute approximate surface area is 73.9 Å². The van der Waals surface area contributed by atoms with Gasteiger partial charge in [0.1, 0.15) is 19.0 Å². The van der Waals surface area contributed by atoms with Crippen LogP contribution in [0.5, 0.6) is 0 Å². The lowest BCUT2D eigenvalue weighted by atomic mass is 10.3. The second kappa shape index (κ2) is 3.85. The third-order valence-corrected chi connectivity index (χ3v) is 1.51. The fourth-order valence-corrected chi connectivity index (χ4v) is 0.872. The monoisotopic (exact) mass is 192 g/mol. The third-order valence-electron chi connectivity index (χ3n) is 1.51. The van der Waals surface area contributed by atoms with E-state index in [9.17, 15) is 8.78 Å². The fraction of sp³-hybridized carbons (Fsp3) is 0.500. The van der Waals surface area contributed by atoms with Gasteiger partial charge < -0.3 is 14.3 Å². The molecule has 0 unspecified atom stereocenters. The molecule has 0 amide bonds. The first kappa shape index (κ1) is 10.1. The van der Waals surface area contributed by atoms with Crippen LogP contribution in [0.25, 0.3) is 0 Å². The maximum Gasteiger partial charge on any atom is 0.327 e. The number of halogens is 2. The quantitative estimate of drug-likeness (QED) is 0.786. The molecule has 13 heavy (non-hydrogen) atoms. The summed E-state index contributed by atoms with van der Waals surface area (Å²) in [6.45, 7) is -1.12. The average Bonchev–Trinajstić information content (AvgIpc) is 2.54. The zero-order valence-electron chi connectivity index (χ0n) is 7.09. The number of methoxy groups -OCH3 is 1. The largest absolute Gasteiger partial charge is 0.457 e. The predicted molar refractivity (Wildman–Crippen MR) is 40.4 cm³/mol. The summed E-state index contributed by atoms with van der Waals surface area (Å²) in [4.78, 5) is 0. The Kier molecular flexibility index (Phi) is 3.00. The molecule has 0 radical (unpaired) electrons. The van der Waals surface area contributed by atoms with Crippen LogP contribution < -0.4 is 0 Å². The maximum absolute atomic E-state index is 12.8. The van der Waals surface area contributed by atoms with E-state index in [2.05, 4.69) is 4.74 Å². The first-order chi connectivity index (χ1) is 6.10. The molecule has 0 aliphatic heterocycles. The van der Waals surface area contributed by atoms with E-state index in [1.165, 1.54) is 13.2 Å². The number of hydrogen-bond acceptors (Lipinski definition) is 3. The molecule has 1 N–H and O–H groups in total. The first-order valence-electron chi connectivity index (χ1n) is 3.67. The second-order valence-electron chi connectivity index (χ2n) is 2.56. The zero-order chi connectivity index (χ0) is 9.90. The fourth-order valence-electron chi connectivity index (χ4n) is 0.872. The summed E-state index contributed by atoms with van der Waals surface area (Å²) in [5.41, 5.74) is 0. The minimum atomic E-state index is -3.31. The lowest BCUT2D eigenvalue weighted by Gasteiger charge is -2.08. The molecular formula is C8H10F2O3. The zero-order valence-corrected chi connectivity index (χ0v) is 7.09. The summed E-state index contributed by atoms with van der Waals surface area (Å²) < 4.78 is 34.9. The maximum atomic E-state index is 12.8. The molecule has 1 rings (SSSR count). The number of hydrogen-bond donors (Lipinski definition) is 1. The summed E-state index contributed by atoms with van der Waals surface area (Å²) in [5.74, 6) is -3.54. The molecule has 0 aliphatic carbocycles. The van der Waals surface area contributed by atoms with Crippen molar-refractivity contribution in [3.05, 3.63) is 23.7 Å². The van der Waals surface area contributed by atoms with Gasteiger partial charge in [-0.25, -0.2) is 0 Å². The molecule has 74 valence electrons. The van der Waals surface area contributed by atoms with Crippen molar-refractivity contribution in [1.29, 1.82) is 0 Å². The van der Waals surface area contributed by atoms with E-state index < -0.39 is 18.3 Å². The summed E-state index contributed by atoms with van der Waals surface area (Å²) in [6.07, 6.45) is 0. The van der Waals surface area contributed by atoms with Gasteiger partial charge in [0, 0.05) is 7.11 Å². The van der Waals surface area contributed by atoms with Gasteiger partial charge in [0.25, 0.3) is 0 Å². The van der Waals surface area contributed by atoms with Crippen molar-refractivity contribution < 1.29 is 23.0 Å². The topological polar surface area (TPSA) is 42.6 Å². The van der Waals surface area contributed by atoms with Crippen molar-refractivity contribution in [1.82, 2.24) is 0 Å². The third kappa shape index (κ3) is 2.26. The molecule has 0 aromatic carbocycles. The van der Waals surface area contributed by atoms with E-state index in [0.29, 0.717) is 5.76 Å².